The number of rotatable bonds is 6. The number of nitrogens with one attached hydrogen (secondary N) is 1. The van der Waals surface area contributed by atoms with Gasteiger partial charge in [0.1, 0.15) is 23.5 Å². The first-order valence-corrected chi connectivity index (χ1v) is 12.4. The maximum absolute atomic E-state index is 6.11. The molecule has 6 rings (SSSR count). The average molecular weight is 465 g/mol. The molecule has 0 radical (unpaired) electrons. The highest BCUT2D eigenvalue weighted by Crippen LogP contribution is 2.38. The maximum atomic E-state index is 6.11. The van der Waals surface area contributed by atoms with Gasteiger partial charge in [0.25, 0.3) is 0 Å². The lowest BCUT2D eigenvalue weighted by atomic mass is 9.97. The van der Waals surface area contributed by atoms with E-state index in [1.165, 1.54) is 39.6 Å². The molecule has 0 atom stereocenters. The Balaban J connectivity index is 1.17. The van der Waals surface area contributed by atoms with Gasteiger partial charge in [0.05, 0.1) is 11.6 Å². The molecule has 3 aromatic carbocycles. The van der Waals surface area contributed by atoms with Crippen LogP contribution in [0.4, 0.5) is 5.82 Å². The molecule has 0 unspecified atom stereocenters. The van der Waals surface area contributed by atoms with E-state index in [0.29, 0.717) is 6.61 Å². The zero-order chi connectivity index (χ0) is 22.7. The van der Waals surface area contributed by atoms with E-state index in [-0.39, 0.29) is 0 Å². The molecule has 0 spiro atoms. The molecular weight excluding hydrogens is 440 g/mol. The monoisotopic (exact) mass is 464 g/mol. The number of aryl methyl sites for hydroxylation is 2. The van der Waals surface area contributed by atoms with Crippen molar-refractivity contribution in [2.75, 3.05) is 5.43 Å². The van der Waals surface area contributed by atoms with Crippen molar-refractivity contribution in [3.63, 3.8) is 0 Å². The SMILES string of the molecule is C(=NNc1ncnc2sc3c(c12)CCCC3)c1cccc(OCc2cccc3ccccc23)c1. The topological polar surface area (TPSA) is 59.4 Å². The lowest BCUT2D eigenvalue weighted by molar-refractivity contribution is 0.307. The molecule has 0 saturated heterocycles. The molecule has 1 aliphatic rings. The number of nitrogens with zero attached hydrogens (tertiary/aromatic N) is 3. The van der Waals surface area contributed by atoms with E-state index in [4.69, 9.17) is 4.74 Å². The van der Waals surface area contributed by atoms with Gasteiger partial charge in [-0.3, -0.25) is 5.43 Å². The second kappa shape index (κ2) is 9.23. The molecule has 1 N–H and O–H groups in total. The summed E-state index contributed by atoms with van der Waals surface area (Å²) in [6.45, 7) is 0.516. The van der Waals surface area contributed by atoms with Crippen molar-refractivity contribution < 1.29 is 4.74 Å². The van der Waals surface area contributed by atoms with Gasteiger partial charge in [0.2, 0.25) is 0 Å². The predicted octanol–water partition coefficient (Wildman–Crippen LogP) is 6.75. The highest BCUT2D eigenvalue weighted by Gasteiger charge is 2.19. The Morgan fingerprint density at radius 2 is 1.85 bits per heavy atom. The molecule has 0 fully saturated rings. The summed E-state index contributed by atoms with van der Waals surface area (Å²) < 4.78 is 6.11. The molecule has 0 aliphatic heterocycles. The van der Waals surface area contributed by atoms with Crippen molar-refractivity contribution in [1.82, 2.24) is 9.97 Å². The van der Waals surface area contributed by atoms with Crippen LogP contribution in [0.5, 0.6) is 5.75 Å². The Morgan fingerprint density at radius 3 is 2.85 bits per heavy atom. The number of hydrazone groups is 1. The summed E-state index contributed by atoms with van der Waals surface area (Å²) >= 11 is 1.79. The van der Waals surface area contributed by atoms with Gasteiger partial charge in [-0.05, 0) is 65.3 Å². The Hall–Kier alpha value is -3.77. The Bertz CT molecular complexity index is 1500. The third-order valence-electron chi connectivity index (χ3n) is 6.27. The van der Waals surface area contributed by atoms with E-state index in [9.17, 15) is 0 Å². The maximum Gasteiger partial charge on any atom is 0.158 e. The van der Waals surface area contributed by atoms with Crippen LogP contribution in [0.1, 0.15) is 34.4 Å². The predicted molar refractivity (Wildman–Crippen MR) is 140 cm³/mol. The van der Waals surface area contributed by atoms with Crippen LogP contribution in [-0.2, 0) is 19.4 Å². The first kappa shape index (κ1) is 20.8. The van der Waals surface area contributed by atoms with Gasteiger partial charge in [-0.2, -0.15) is 5.10 Å². The first-order chi connectivity index (χ1) is 16.8. The normalized spacial score (nSPS) is 13.4. The first-order valence-electron chi connectivity index (χ1n) is 11.6. The van der Waals surface area contributed by atoms with E-state index in [0.717, 1.165) is 40.2 Å². The second-order valence-corrected chi connectivity index (χ2v) is 9.57. The number of ether oxygens (including phenoxy) is 1. The Morgan fingerprint density at radius 1 is 0.971 bits per heavy atom. The van der Waals surface area contributed by atoms with Gasteiger partial charge in [-0.1, -0.05) is 54.6 Å². The van der Waals surface area contributed by atoms with Crippen LogP contribution in [0.15, 0.2) is 78.2 Å². The highest BCUT2D eigenvalue weighted by atomic mass is 32.1. The van der Waals surface area contributed by atoms with Crippen LogP contribution in [0.25, 0.3) is 21.0 Å². The van der Waals surface area contributed by atoms with Gasteiger partial charge in [-0.15, -0.1) is 11.3 Å². The van der Waals surface area contributed by atoms with E-state index in [1.54, 1.807) is 23.9 Å². The number of hydrogen-bond acceptors (Lipinski definition) is 6. The van der Waals surface area contributed by atoms with Gasteiger partial charge >= 0.3 is 0 Å². The van der Waals surface area contributed by atoms with Crippen LogP contribution in [0.3, 0.4) is 0 Å². The Labute approximate surface area is 202 Å². The zero-order valence-electron chi connectivity index (χ0n) is 18.7. The lowest BCUT2D eigenvalue weighted by Crippen LogP contribution is -2.01. The number of thiophene rings is 1. The smallest absolute Gasteiger partial charge is 0.158 e. The molecule has 5 aromatic rings. The number of hydrogen-bond donors (Lipinski definition) is 1. The number of fused-ring (bicyclic) bond motifs is 4. The molecule has 2 aromatic heterocycles. The van der Waals surface area contributed by atoms with Crippen LogP contribution >= 0.6 is 11.3 Å². The standard InChI is InChI=1S/C28H24N4OS/c1-2-12-23-20(8-1)9-6-10-21(23)17-33-22-11-5-7-19(15-22)16-31-32-27-26-24-13-3-4-14-25(24)34-28(26)30-18-29-27/h1-2,5-12,15-16,18H,3-4,13-14,17H2,(H,29,30,32). The fraction of sp³-hybridized carbons (Fsp3) is 0.179. The lowest BCUT2D eigenvalue weighted by Gasteiger charge is -2.11. The molecule has 5 nitrogen and oxygen atoms in total. The molecule has 0 saturated carbocycles. The fourth-order valence-corrected chi connectivity index (χ4v) is 5.84. The van der Waals surface area contributed by atoms with Gasteiger partial charge in [0.15, 0.2) is 5.82 Å². The molecule has 2 heterocycles. The minimum absolute atomic E-state index is 0.516. The summed E-state index contributed by atoms with van der Waals surface area (Å²) in [6, 6.07) is 22.7. The summed E-state index contributed by atoms with van der Waals surface area (Å²) in [5.74, 6) is 1.59. The Kier molecular flexibility index (Phi) is 5.65. The minimum atomic E-state index is 0.516. The summed E-state index contributed by atoms with van der Waals surface area (Å²) in [7, 11) is 0. The van der Waals surface area contributed by atoms with Crippen molar-refractivity contribution in [3.05, 3.63) is 94.6 Å². The van der Waals surface area contributed by atoms with Crippen LogP contribution in [0, 0.1) is 0 Å². The number of anilines is 1. The summed E-state index contributed by atoms with van der Waals surface area (Å²) in [5, 5.41) is 8.05. The third-order valence-corrected chi connectivity index (χ3v) is 7.47. The van der Waals surface area contributed by atoms with Gasteiger partial charge in [-0.25, -0.2) is 9.97 Å². The van der Waals surface area contributed by atoms with Crippen LogP contribution in [-0.4, -0.2) is 16.2 Å². The fourth-order valence-electron chi connectivity index (χ4n) is 4.61. The molecular formula is C28H24N4OS. The zero-order valence-corrected chi connectivity index (χ0v) is 19.5. The second-order valence-electron chi connectivity index (χ2n) is 8.48. The van der Waals surface area contributed by atoms with E-state index >= 15 is 0 Å². The highest BCUT2D eigenvalue weighted by molar-refractivity contribution is 7.19. The van der Waals surface area contributed by atoms with E-state index < -0.39 is 0 Å². The molecule has 34 heavy (non-hydrogen) atoms. The molecule has 168 valence electrons. The average Bonchev–Trinajstić information content (AvgIpc) is 3.27. The van der Waals surface area contributed by atoms with Crippen LogP contribution in [0.2, 0.25) is 0 Å². The summed E-state index contributed by atoms with van der Waals surface area (Å²) in [4.78, 5) is 11.5. The van der Waals surface area contributed by atoms with Gasteiger partial charge < -0.3 is 4.74 Å². The molecule has 0 amide bonds. The number of benzene rings is 3. The van der Waals surface area contributed by atoms with Crippen molar-refractivity contribution in [3.8, 4) is 5.75 Å². The largest absolute Gasteiger partial charge is 0.489 e. The van der Waals surface area contributed by atoms with Crippen molar-refractivity contribution in [2.24, 2.45) is 5.10 Å². The van der Waals surface area contributed by atoms with Crippen molar-refractivity contribution in [2.45, 2.75) is 32.3 Å². The van der Waals surface area contributed by atoms with E-state index in [1.807, 2.05) is 24.3 Å². The summed E-state index contributed by atoms with van der Waals surface area (Å²) in [6.07, 6.45) is 8.14. The number of aromatic nitrogens is 2. The quantitative estimate of drug-likeness (QED) is 0.223. The summed E-state index contributed by atoms with van der Waals surface area (Å²) in [5.41, 5.74) is 6.68. The van der Waals surface area contributed by atoms with Crippen molar-refractivity contribution >= 4 is 44.4 Å². The minimum Gasteiger partial charge on any atom is -0.489 e. The van der Waals surface area contributed by atoms with E-state index in [2.05, 4.69) is 63.0 Å². The van der Waals surface area contributed by atoms with Crippen molar-refractivity contribution in [1.29, 1.82) is 0 Å². The molecule has 6 heteroatoms. The molecule has 0 bridgehead atoms. The molecule has 1 aliphatic carbocycles. The van der Waals surface area contributed by atoms with Crippen LogP contribution < -0.4 is 10.2 Å². The third kappa shape index (κ3) is 4.13. The van der Waals surface area contributed by atoms with Gasteiger partial charge in [0, 0.05) is 4.88 Å².